The molecule has 0 radical (unpaired) electrons. The molecule has 0 amide bonds. The zero-order valence-electron chi connectivity index (χ0n) is 10.9. The number of nitrogens with zero attached hydrogens (tertiary/aromatic N) is 3. The van der Waals surface area contributed by atoms with E-state index < -0.39 is 0 Å². The summed E-state index contributed by atoms with van der Waals surface area (Å²) < 4.78 is 0. The molecule has 5 nitrogen and oxygen atoms in total. The van der Waals surface area contributed by atoms with Crippen LogP contribution in [0, 0.1) is 0 Å². The Kier molecular flexibility index (Phi) is 3.52. The summed E-state index contributed by atoms with van der Waals surface area (Å²) in [6, 6.07) is 13.7. The minimum absolute atomic E-state index is 0.194. The third-order valence-electron chi connectivity index (χ3n) is 3.09. The number of H-pyrrole nitrogens is 1. The fourth-order valence-electron chi connectivity index (χ4n) is 2.03. The van der Waals surface area contributed by atoms with Gasteiger partial charge in [-0.25, -0.2) is 4.98 Å². The van der Waals surface area contributed by atoms with Gasteiger partial charge in [-0.1, -0.05) is 30.3 Å². The Bertz CT molecular complexity index is 663. The lowest BCUT2D eigenvalue weighted by molar-refractivity contribution is 0.671. The molecule has 3 aromatic rings. The summed E-state index contributed by atoms with van der Waals surface area (Å²) in [5.41, 5.74) is 8.28. The molecule has 1 aromatic carbocycles. The first-order valence-corrected chi connectivity index (χ1v) is 6.45. The average Bonchev–Trinajstić information content (AvgIpc) is 2.99. The van der Waals surface area contributed by atoms with Crippen molar-refractivity contribution in [2.45, 2.75) is 12.5 Å². The van der Waals surface area contributed by atoms with E-state index in [2.05, 4.69) is 32.3 Å². The molecular weight excluding hydrogens is 250 g/mol. The minimum atomic E-state index is -0.194. The molecule has 2 heterocycles. The number of rotatable bonds is 4. The van der Waals surface area contributed by atoms with E-state index in [9.17, 15) is 0 Å². The van der Waals surface area contributed by atoms with Crippen molar-refractivity contribution in [3.63, 3.8) is 0 Å². The Hall–Kier alpha value is -2.53. The monoisotopic (exact) mass is 265 g/mol. The lowest BCUT2D eigenvalue weighted by Gasteiger charge is -2.07. The number of nitrogens with one attached hydrogen (secondary N) is 1. The molecule has 1 atom stereocenters. The van der Waals surface area contributed by atoms with Crippen LogP contribution in [0.25, 0.3) is 11.4 Å². The lowest BCUT2D eigenvalue weighted by atomic mass is 10.1. The topological polar surface area (TPSA) is 80.5 Å². The number of nitrogens with two attached hydrogens (primary N) is 1. The Morgan fingerprint density at radius 1 is 1.05 bits per heavy atom. The van der Waals surface area contributed by atoms with Gasteiger partial charge in [-0.15, -0.1) is 0 Å². The highest BCUT2D eigenvalue weighted by Gasteiger charge is 2.13. The molecule has 3 N–H and O–H groups in total. The second kappa shape index (κ2) is 5.63. The highest BCUT2D eigenvalue weighted by Crippen LogP contribution is 2.17. The zero-order valence-corrected chi connectivity index (χ0v) is 10.9. The number of pyridine rings is 1. The molecule has 0 saturated heterocycles. The van der Waals surface area contributed by atoms with Gasteiger partial charge in [0.2, 0.25) is 0 Å². The third-order valence-corrected chi connectivity index (χ3v) is 3.09. The van der Waals surface area contributed by atoms with Crippen molar-refractivity contribution in [2.75, 3.05) is 0 Å². The van der Waals surface area contributed by atoms with Gasteiger partial charge in [0, 0.05) is 18.0 Å². The van der Waals surface area contributed by atoms with Crippen LogP contribution >= 0.6 is 0 Å². The third kappa shape index (κ3) is 2.73. The lowest BCUT2D eigenvalue weighted by Crippen LogP contribution is -2.15. The van der Waals surface area contributed by atoms with Gasteiger partial charge in [-0.3, -0.25) is 10.1 Å². The predicted molar refractivity (Wildman–Crippen MR) is 76.7 cm³/mol. The van der Waals surface area contributed by atoms with E-state index in [1.807, 2.05) is 30.3 Å². The van der Waals surface area contributed by atoms with E-state index in [1.54, 1.807) is 12.4 Å². The van der Waals surface area contributed by atoms with Crippen LogP contribution in [0.3, 0.4) is 0 Å². The van der Waals surface area contributed by atoms with E-state index >= 15 is 0 Å². The van der Waals surface area contributed by atoms with Crippen molar-refractivity contribution in [3.8, 4) is 11.4 Å². The predicted octanol–water partition coefficient (Wildman–Crippen LogP) is 2.11. The Labute approximate surface area is 116 Å². The van der Waals surface area contributed by atoms with E-state index in [0.29, 0.717) is 11.6 Å². The maximum absolute atomic E-state index is 6.17. The molecule has 0 unspecified atom stereocenters. The molecule has 20 heavy (non-hydrogen) atoms. The highest BCUT2D eigenvalue weighted by molar-refractivity contribution is 5.53. The summed E-state index contributed by atoms with van der Waals surface area (Å²) in [6.07, 6.45) is 4.16. The van der Waals surface area contributed by atoms with Crippen LogP contribution in [0.1, 0.15) is 17.4 Å². The van der Waals surface area contributed by atoms with Crippen molar-refractivity contribution in [3.05, 3.63) is 66.2 Å². The fourth-order valence-corrected chi connectivity index (χ4v) is 2.03. The molecule has 0 aliphatic heterocycles. The first-order chi connectivity index (χ1) is 9.83. The second-order valence-electron chi connectivity index (χ2n) is 4.58. The van der Waals surface area contributed by atoms with Crippen LogP contribution < -0.4 is 5.73 Å². The van der Waals surface area contributed by atoms with Gasteiger partial charge in [-0.05, 0) is 24.1 Å². The van der Waals surface area contributed by atoms with Gasteiger partial charge < -0.3 is 5.73 Å². The fraction of sp³-hybridized carbons (Fsp3) is 0.133. The number of hydrogen-bond acceptors (Lipinski definition) is 4. The maximum Gasteiger partial charge on any atom is 0.181 e. The largest absolute Gasteiger partial charge is 0.321 e. The first kappa shape index (κ1) is 12.5. The Balaban J connectivity index is 1.77. The molecule has 0 fully saturated rings. The number of aromatic nitrogens is 4. The summed E-state index contributed by atoms with van der Waals surface area (Å²) in [5, 5.41) is 7.12. The highest BCUT2D eigenvalue weighted by atomic mass is 15.2. The molecule has 0 bridgehead atoms. The Morgan fingerprint density at radius 2 is 1.80 bits per heavy atom. The van der Waals surface area contributed by atoms with Crippen LogP contribution in [0.4, 0.5) is 0 Å². The van der Waals surface area contributed by atoms with Crippen LogP contribution in [0.2, 0.25) is 0 Å². The average molecular weight is 265 g/mol. The number of hydrogen-bond donors (Lipinski definition) is 2. The van der Waals surface area contributed by atoms with Crippen molar-refractivity contribution < 1.29 is 0 Å². The molecule has 100 valence electrons. The molecule has 0 spiro atoms. The summed E-state index contributed by atoms with van der Waals surface area (Å²) in [4.78, 5) is 8.44. The smallest absolute Gasteiger partial charge is 0.181 e. The molecular formula is C15H15N5. The van der Waals surface area contributed by atoms with Crippen LogP contribution in [-0.2, 0) is 6.42 Å². The van der Waals surface area contributed by atoms with Crippen LogP contribution in [0.5, 0.6) is 0 Å². The minimum Gasteiger partial charge on any atom is -0.321 e. The molecule has 2 aromatic heterocycles. The van der Waals surface area contributed by atoms with Gasteiger partial charge in [0.25, 0.3) is 0 Å². The molecule has 0 aliphatic carbocycles. The molecule has 5 heteroatoms. The van der Waals surface area contributed by atoms with Gasteiger partial charge in [-0.2, -0.15) is 5.10 Å². The van der Waals surface area contributed by atoms with E-state index in [0.717, 1.165) is 12.0 Å². The van der Waals surface area contributed by atoms with Gasteiger partial charge in [0.1, 0.15) is 5.82 Å². The summed E-state index contributed by atoms with van der Waals surface area (Å²) in [7, 11) is 0. The quantitative estimate of drug-likeness (QED) is 0.757. The van der Waals surface area contributed by atoms with E-state index in [-0.39, 0.29) is 6.04 Å². The maximum atomic E-state index is 6.17. The summed E-state index contributed by atoms with van der Waals surface area (Å²) in [6.45, 7) is 0. The van der Waals surface area contributed by atoms with Crippen LogP contribution in [-0.4, -0.2) is 20.2 Å². The molecule has 0 saturated carbocycles. The number of benzene rings is 1. The normalized spacial score (nSPS) is 12.2. The van der Waals surface area contributed by atoms with Crippen molar-refractivity contribution in [2.24, 2.45) is 5.73 Å². The van der Waals surface area contributed by atoms with E-state index in [1.165, 1.54) is 5.56 Å². The van der Waals surface area contributed by atoms with Gasteiger partial charge in [0.15, 0.2) is 5.82 Å². The van der Waals surface area contributed by atoms with E-state index in [4.69, 9.17) is 5.73 Å². The molecule has 0 aliphatic rings. The summed E-state index contributed by atoms with van der Waals surface area (Å²) in [5.74, 6) is 1.34. The van der Waals surface area contributed by atoms with Crippen LogP contribution in [0.15, 0.2) is 54.9 Å². The SMILES string of the molecule is N[C@H](Cc1ccccc1)c1nc(-c2ccncc2)n[nH]1. The molecule has 3 rings (SSSR count). The van der Waals surface area contributed by atoms with Gasteiger partial charge >= 0.3 is 0 Å². The number of aromatic amines is 1. The van der Waals surface area contributed by atoms with Crippen molar-refractivity contribution in [1.29, 1.82) is 0 Å². The van der Waals surface area contributed by atoms with Crippen molar-refractivity contribution >= 4 is 0 Å². The first-order valence-electron chi connectivity index (χ1n) is 6.45. The Morgan fingerprint density at radius 3 is 2.55 bits per heavy atom. The summed E-state index contributed by atoms with van der Waals surface area (Å²) >= 11 is 0. The van der Waals surface area contributed by atoms with Crippen molar-refractivity contribution in [1.82, 2.24) is 20.2 Å². The second-order valence-corrected chi connectivity index (χ2v) is 4.58. The van der Waals surface area contributed by atoms with Gasteiger partial charge in [0.05, 0.1) is 6.04 Å². The zero-order chi connectivity index (χ0) is 13.8. The standard InChI is InChI=1S/C15H15N5/c16-13(10-11-4-2-1-3-5-11)15-18-14(19-20-15)12-6-8-17-9-7-12/h1-9,13H,10,16H2,(H,18,19,20)/t13-/m1/s1.